The SMILES string of the molecule is C=CNc1ccc2c(c1)-c1c(c(C)nn1-c1ccc(SNC)cc1)CC2. The first-order valence-corrected chi connectivity index (χ1v) is 9.56. The van der Waals surface area contributed by atoms with E-state index in [-0.39, 0.29) is 0 Å². The molecule has 0 spiro atoms. The summed E-state index contributed by atoms with van der Waals surface area (Å²) in [7, 11) is 1.93. The summed E-state index contributed by atoms with van der Waals surface area (Å²) in [4.78, 5) is 1.19. The van der Waals surface area contributed by atoms with Crippen molar-refractivity contribution in [3.8, 4) is 16.9 Å². The Bertz CT molecular complexity index is 957. The summed E-state index contributed by atoms with van der Waals surface area (Å²) in [6.45, 7) is 5.88. The Morgan fingerprint density at radius 3 is 2.69 bits per heavy atom. The predicted molar refractivity (Wildman–Crippen MR) is 110 cm³/mol. The molecule has 0 fully saturated rings. The molecule has 5 heteroatoms. The van der Waals surface area contributed by atoms with Crippen LogP contribution in [0.1, 0.15) is 16.8 Å². The molecule has 132 valence electrons. The molecular weight excluding hydrogens is 340 g/mol. The molecule has 0 atom stereocenters. The maximum atomic E-state index is 4.87. The predicted octanol–water partition coefficient (Wildman–Crippen LogP) is 4.73. The maximum Gasteiger partial charge on any atom is 0.0779 e. The van der Waals surface area contributed by atoms with Crippen molar-refractivity contribution in [2.75, 3.05) is 12.4 Å². The summed E-state index contributed by atoms with van der Waals surface area (Å²) >= 11 is 1.61. The first-order chi connectivity index (χ1) is 12.7. The largest absolute Gasteiger partial charge is 0.362 e. The van der Waals surface area contributed by atoms with E-state index in [1.807, 2.05) is 7.05 Å². The normalized spacial score (nSPS) is 12.4. The van der Waals surface area contributed by atoms with Gasteiger partial charge in [0.1, 0.15) is 0 Å². The molecule has 0 saturated heterocycles. The van der Waals surface area contributed by atoms with E-state index in [1.165, 1.54) is 27.3 Å². The van der Waals surface area contributed by atoms with Crippen LogP contribution in [0, 0.1) is 6.92 Å². The number of hydrogen-bond donors (Lipinski definition) is 2. The van der Waals surface area contributed by atoms with Crippen LogP contribution in [0.15, 0.2) is 60.1 Å². The second-order valence-electron chi connectivity index (χ2n) is 6.34. The minimum absolute atomic E-state index is 1.04. The van der Waals surface area contributed by atoms with E-state index in [4.69, 9.17) is 5.10 Å². The molecule has 4 nitrogen and oxygen atoms in total. The number of aromatic nitrogens is 2. The fourth-order valence-corrected chi connectivity index (χ4v) is 4.09. The van der Waals surface area contributed by atoms with E-state index < -0.39 is 0 Å². The molecule has 0 bridgehead atoms. The average molecular weight is 363 g/mol. The third kappa shape index (κ3) is 2.93. The van der Waals surface area contributed by atoms with Gasteiger partial charge in [0.2, 0.25) is 0 Å². The van der Waals surface area contributed by atoms with Crippen molar-refractivity contribution in [3.63, 3.8) is 0 Å². The maximum absolute atomic E-state index is 4.87. The minimum atomic E-state index is 1.04. The quantitative estimate of drug-likeness (QED) is 0.644. The van der Waals surface area contributed by atoms with Gasteiger partial charge >= 0.3 is 0 Å². The highest BCUT2D eigenvalue weighted by Gasteiger charge is 2.24. The summed E-state index contributed by atoms with van der Waals surface area (Å²) in [6, 6.07) is 15.0. The van der Waals surface area contributed by atoms with Crippen molar-refractivity contribution in [1.82, 2.24) is 14.5 Å². The van der Waals surface area contributed by atoms with Crippen LogP contribution in [0.2, 0.25) is 0 Å². The highest BCUT2D eigenvalue weighted by molar-refractivity contribution is 7.97. The molecule has 0 aliphatic heterocycles. The van der Waals surface area contributed by atoms with E-state index in [2.05, 4.69) is 70.7 Å². The van der Waals surface area contributed by atoms with Crippen molar-refractivity contribution in [3.05, 3.63) is 72.1 Å². The molecular formula is C21H22N4S. The summed E-state index contributed by atoms with van der Waals surface area (Å²) in [5, 5.41) is 8.07. The van der Waals surface area contributed by atoms with Gasteiger partial charge in [-0.3, -0.25) is 4.72 Å². The second-order valence-corrected chi connectivity index (χ2v) is 7.43. The lowest BCUT2D eigenvalue weighted by Crippen LogP contribution is -2.08. The van der Waals surface area contributed by atoms with Gasteiger partial charge in [0.05, 0.1) is 17.1 Å². The van der Waals surface area contributed by atoms with Crippen LogP contribution in [0.3, 0.4) is 0 Å². The number of aryl methyl sites for hydroxylation is 2. The molecule has 0 amide bonds. The van der Waals surface area contributed by atoms with Gasteiger partial charge in [0.15, 0.2) is 0 Å². The molecule has 2 N–H and O–H groups in total. The van der Waals surface area contributed by atoms with Gasteiger partial charge in [-0.05, 0) is 86.9 Å². The third-order valence-corrected chi connectivity index (χ3v) is 5.48. The summed E-state index contributed by atoms with van der Waals surface area (Å²) in [5.41, 5.74) is 8.44. The van der Waals surface area contributed by atoms with Crippen LogP contribution in [-0.4, -0.2) is 16.8 Å². The van der Waals surface area contributed by atoms with Gasteiger partial charge in [-0.1, -0.05) is 12.6 Å². The Hall–Kier alpha value is -2.50. The van der Waals surface area contributed by atoms with E-state index in [9.17, 15) is 0 Å². The Morgan fingerprint density at radius 2 is 1.96 bits per heavy atom. The van der Waals surface area contributed by atoms with Crippen molar-refractivity contribution in [2.24, 2.45) is 0 Å². The molecule has 1 heterocycles. The number of nitrogens with zero attached hydrogens (tertiary/aromatic N) is 2. The zero-order valence-corrected chi connectivity index (χ0v) is 15.9. The van der Waals surface area contributed by atoms with Crippen molar-refractivity contribution >= 4 is 17.6 Å². The summed E-state index contributed by atoms with van der Waals surface area (Å²) < 4.78 is 5.20. The molecule has 3 aromatic rings. The van der Waals surface area contributed by atoms with Gasteiger partial charge < -0.3 is 5.32 Å². The summed E-state index contributed by atoms with van der Waals surface area (Å²) in [6.07, 6.45) is 3.81. The van der Waals surface area contributed by atoms with Gasteiger partial charge in [-0.2, -0.15) is 5.10 Å². The topological polar surface area (TPSA) is 41.9 Å². The Balaban J connectivity index is 1.84. The second kappa shape index (κ2) is 7.02. The third-order valence-electron chi connectivity index (χ3n) is 4.76. The number of fused-ring (bicyclic) bond motifs is 3. The number of anilines is 1. The number of rotatable bonds is 5. The molecule has 0 unspecified atom stereocenters. The highest BCUT2D eigenvalue weighted by atomic mass is 32.2. The molecule has 1 aromatic heterocycles. The molecule has 0 saturated carbocycles. The van der Waals surface area contributed by atoms with Gasteiger partial charge in [-0.15, -0.1) is 0 Å². The standard InChI is InChI=1S/C21H22N4S/c1-4-23-16-7-5-15-6-12-19-14(2)24-25(21(19)20(15)13-16)17-8-10-18(11-9-17)26-22-3/h4-5,7-11,13,22-23H,1,6,12H2,2-3H3. The van der Waals surface area contributed by atoms with Crippen molar-refractivity contribution in [1.29, 1.82) is 0 Å². The lowest BCUT2D eigenvalue weighted by atomic mass is 9.88. The molecule has 26 heavy (non-hydrogen) atoms. The van der Waals surface area contributed by atoms with E-state index in [0.29, 0.717) is 0 Å². The lowest BCUT2D eigenvalue weighted by Gasteiger charge is -2.20. The summed E-state index contributed by atoms with van der Waals surface area (Å²) in [5.74, 6) is 0. The van der Waals surface area contributed by atoms with Gasteiger partial charge in [0.25, 0.3) is 0 Å². The van der Waals surface area contributed by atoms with Crippen LogP contribution >= 0.6 is 11.9 Å². The fourth-order valence-electron chi connectivity index (χ4n) is 3.58. The first kappa shape index (κ1) is 16.9. The van der Waals surface area contributed by atoms with E-state index in [0.717, 1.165) is 29.9 Å². The molecule has 1 aliphatic rings. The Morgan fingerprint density at radius 1 is 1.15 bits per heavy atom. The number of benzene rings is 2. The molecule has 0 radical (unpaired) electrons. The Kier molecular flexibility index (Phi) is 4.57. The number of hydrogen-bond acceptors (Lipinski definition) is 4. The van der Waals surface area contributed by atoms with E-state index >= 15 is 0 Å². The molecule has 2 aromatic carbocycles. The van der Waals surface area contributed by atoms with Gasteiger partial charge in [-0.25, -0.2) is 4.68 Å². The average Bonchev–Trinajstić information content (AvgIpc) is 3.00. The minimum Gasteiger partial charge on any atom is -0.362 e. The van der Waals surface area contributed by atoms with Crippen LogP contribution in [0.5, 0.6) is 0 Å². The molecule has 4 rings (SSSR count). The van der Waals surface area contributed by atoms with Crippen LogP contribution < -0.4 is 10.0 Å². The van der Waals surface area contributed by atoms with Crippen LogP contribution in [0.25, 0.3) is 16.9 Å². The zero-order chi connectivity index (χ0) is 18.1. The lowest BCUT2D eigenvalue weighted by molar-refractivity contribution is 0.865. The first-order valence-electron chi connectivity index (χ1n) is 8.74. The molecule has 1 aliphatic carbocycles. The van der Waals surface area contributed by atoms with Crippen molar-refractivity contribution < 1.29 is 0 Å². The highest BCUT2D eigenvalue weighted by Crippen LogP contribution is 2.38. The smallest absolute Gasteiger partial charge is 0.0779 e. The fraction of sp³-hybridized carbons (Fsp3) is 0.190. The van der Waals surface area contributed by atoms with Crippen LogP contribution in [0.4, 0.5) is 5.69 Å². The van der Waals surface area contributed by atoms with Crippen molar-refractivity contribution in [2.45, 2.75) is 24.7 Å². The van der Waals surface area contributed by atoms with Gasteiger partial charge in [0, 0.05) is 21.7 Å². The zero-order valence-electron chi connectivity index (χ0n) is 15.0. The monoisotopic (exact) mass is 362 g/mol. The van der Waals surface area contributed by atoms with Crippen LogP contribution in [-0.2, 0) is 12.8 Å². The van der Waals surface area contributed by atoms with E-state index in [1.54, 1.807) is 18.1 Å². The Labute approximate surface area is 158 Å². The number of nitrogens with one attached hydrogen (secondary N) is 2.